The summed E-state index contributed by atoms with van der Waals surface area (Å²) in [4.78, 5) is 11.8. The second kappa shape index (κ2) is 5.75. The van der Waals surface area contributed by atoms with Gasteiger partial charge in [0.1, 0.15) is 17.2 Å². The maximum absolute atomic E-state index is 13.5. The molecule has 0 spiro atoms. The van der Waals surface area contributed by atoms with Crippen LogP contribution in [0.3, 0.4) is 0 Å². The van der Waals surface area contributed by atoms with Gasteiger partial charge in [-0.05, 0) is 51.1 Å². The molecule has 0 aromatic heterocycles. The topological polar surface area (TPSA) is 38.3 Å². The molecule has 0 radical (unpaired) electrons. The van der Waals surface area contributed by atoms with Gasteiger partial charge in [-0.25, -0.2) is 8.78 Å². The number of nitrogens with one attached hydrogen (secondary N) is 1. The first kappa shape index (κ1) is 14.1. The van der Waals surface area contributed by atoms with Crippen LogP contribution in [0.2, 0.25) is 0 Å². The van der Waals surface area contributed by atoms with E-state index in [1.165, 1.54) is 6.92 Å². The van der Waals surface area contributed by atoms with E-state index in [0.717, 1.165) is 18.2 Å². The zero-order valence-corrected chi connectivity index (χ0v) is 10.8. The van der Waals surface area contributed by atoms with E-state index in [-0.39, 0.29) is 18.0 Å². The first-order valence-electron chi connectivity index (χ1n) is 6.33. The molecule has 0 bridgehead atoms. The molecule has 3 nitrogen and oxygen atoms in total. The van der Waals surface area contributed by atoms with E-state index >= 15 is 0 Å². The zero-order valence-electron chi connectivity index (χ0n) is 10.8. The summed E-state index contributed by atoms with van der Waals surface area (Å²) in [5, 5.41) is 3.15. The SMILES string of the molecule is CC(=O)C1(OCc2cc(F)ccc2F)CCNCC1. The lowest BCUT2D eigenvalue weighted by Gasteiger charge is -2.35. The molecule has 1 fully saturated rings. The van der Waals surface area contributed by atoms with E-state index in [4.69, 9.17) is 4.74 Å². The van der Waals surface area contributed by atoms with Crippen LogP contribution in [-0.4, -0.2) is 24.5 Å². The Labute approximate surface area is 111 Å². The van der Waals surface area contributed by atoms with Crippen LogP contribution in [-0.2, 0) is 16.1 Å². The van der Waals surface area contributed by atoms with E-state index in [0.29, 0.717) is 25.9 Å². The largest absolute Gasteiger partial charge is 0.362 e. The van der Waals surface area contributed by atoms with Crippen LogP contribution in [0.25, 0.3) is 0 Å². The Morgan fingerprint density at radius 1 is 1.37 bits per heavy atom. The summed E-state index contributed by atoms with van der Waals surface area (Å²) in [5.41, 5.74) is -0.733. The minimum absolute atomic E-state index is 0.0641. The van der Waals surface area contributed by atoms with E-state index < -0.39 is 17.2 Å². The van der Waals surface area contributed by atoms with E-state index in [1.807, 2.05) is 0 Å². The molecule has 0 amide bonds. The number of Topliss-reactive ketones (excluding diaryl/α,β-unsaturated/α-hetero) is 1. The lowest BCUT2D eigenvalue weighted by molar-refractivity contribution is -0.148. The maximum atomic E-state index is 13.5. The molecule has 2 rings (SSSR count). The van der Waals surface area contributed by atoms with Gasteiger partial charge in [0.25, 0.3) is 0 Å². The lowest BCUT2D eigenvalue weighted by atomic mass is 9.88. The van der Waals surface area contributed by atoms with Crippen LogP contribution in [0.5, 0.6) is 0 Å². The molecule has 1 aromatic carbocycles. The predicted octanol–water partition coefficient (Wildman–Crippen LogP) is 2.19. The number of ether oxygens (including phenoxy) is 1. The van der Waals surface area contributed by atoms with Crippen LogP contribution in [0.4, 0.5) is 8.78 Å². The van der Waals surface area contributed by atoms with E-state index in [2.05, 4.69) is 5.32 Å². The summed E-state index contributed by atoms with van der Waals surface area (Å²) >= 11 is 0. The average molecular weight is 269 g/mol. The van der Waals surface area contributed by atoms with E-state index in [9.17, 15) is 13.6 Å². The Hall–Kier alpha value is -1.33. The van der Waals surface area contributed by atoms with E-state index in [1.54, 1.807) is 0 Å². The highest BCUT2D eigenvalue weighted by atomic mass is 19.1. The molecule has 1 N–H and O–H groups in total. The summed E-state index contributed by atoms with van der Waals surface area (Å²) in [5.74, 6) is -1.10. The standard InChI is InChI=1S/C14H17F2NO2/c1-10(18)14(4-6-17-7-5-14)19-9-11-8-12(15)2-3-13(11)16/h2-3,8,17H,4-7,9H2,1H3. The number of piperidine rings is 1. The molecule has 0 aliphatic carbocycles. The normalized spacial score (nSPS) is 18.3. The molecule has 19 heavy (non-hydrogen) atoms. The van der Waals surface area contributed by atoms with Crippen molar-refractivity contribution in [1.29, 1.82) is 0 Å². The Kier molecular flexibility index (Phi) is 4.27. The summed E-state index contributed by atoms with van der Waals surface area (Å²) in [6.45, 7) is 2.76. The number of ketones is 1. The predicted molar refractivity (Wildman–Crippen MR) is 66.7 cm³/mol. The highest BCUT2D eigenvalue weighted by Crippen LogP contribution is 2.26. The van der Waals surface area contributed by atoms with Crippen molar-refractivity contribution in [3.05, 3.63) is 35.4 Å². The van der Waals surface area contributed by atoms with Crippen molar-refractivity contribution in [3.8, 4) is 0 Å². The molecule has 104 valence electrons. The molecular weight excluding hydrogens is 252 g/mol. The fraction of sp³-hybridized carbons (Fsp3) is 0.500. The third kappa shape index (κ3) is 3.16. The van der Waals surface area contributed by atoms with Gasteiger partial charge in [-0.15, -0.1) is 0 Å². The quantitative estimate of drug-likeness (QED) is 0.910. The summed E-state index contributed by atoms with van der Waals surface area (Å²) in [7, 11) is 0. The molecule has 0 atom stereocenters. The van der Waals surface area contributed by atoms with Gasteiger partial charge >= 0.3 is 0 Å². The van der Waals surface area contributed by atoms with Crippen LogP contribution in [0.1, 0.15) is 25.3 Å². The summed E-state index contributed by atoms with van der Waals surface area (Å²) in [6, 6.07) is 3.23. The number of halogens is 2. The first-order valence-corrected chi connectivity index (χ1v) is 6.33. The fourth-order valence-corrected chi connectivity index (χ4v) is 2.30. The number of carbonyl (C=O) groups excluding carboxylic acids is 1. The highest BCUT2D eigenvalue weighted by Gasteiger charge is 2.37. The minimum atomic E-state index is -0.871. The zero-order chi connectivity index (χ0) is 13.9. The molecule has 0 saturated carbocycles. The van der Waals surface area contributed by atoms with Crippen molar-refractivity contribution >= 4 is 5.78 Å². The molecule has 1 heterocycles. The molecule has 0 unspecified atom stereocenters. The third-order valence-corrected chi connectivity index (χ3v) is 3.56. The molecule has 1 aliphatic heterocycles. The van der Waals surface area contributed by atoms with Crippen LogP contribution in [0.15, 0.2) is 18.2 Å². The number of benzene rings is 1. The van der Waals surface area contributed by atoms with Crippen molar-refractivity contribution < 1.29 is 18.3 Å². The van der Waals surface area contributed by atoms with Gasteiger partial charge in [-0.2, -0.15) is 0 Å². The van der Waals surface area contributed by atoms with Crippen molar-refractivity contribution in [1.82, 2.24) is 5.32 Å². The van der Waals surface area contributed by atoms with Crippen LogP contribution >= 0.6 is 0 Å². The monoisotopic (exact) mass is 269 g/mol. The van der Waals surface area contributed by atoms with Gasteiger partial charge in [-0.1, -0.05) is 0 Å². The van der Waals surface area contributed by atoms with Crippen LogP contribution < -0.4 is 5.32 Å². The Morgan fingerprint density at radius 2 is 2.05 bits per heavy atom. The summed E-state index contributed by atoms with van der Waals surface area (Å²) in [6.07, 6.45) is 1.11. The maximum Gasteiger partial charge on any atom is 0.161 e. The van der Waals surface area contributed by atoms with Gasteiger partial charge in [0.05, 0.1) is 6.61 Å². The van der Waals surface area contributed by atoms with Crippen molar-refractivity contribution in [2.45, 2.75) is 32.0 Å². The summed E-state index contributed by atoms with van der Waals surface area (Å²) < 4.78 is 32.2. The second-order valence-corrected chi connectivity index (χ2v) is 4.82. The molecule has 1 aliphatic rings. The number of rotatable bonds is 4. The van der Waals surface area contributed by atoms with Crippen molar-refractivity contribution in [2.24, 2.45) is 0 Å². The molecular formula is C14H17F2NO2. The minimum Gasteiger partial charge on any atom is -0.362 e. The van der Waals surface area contributed by atoms with Gasteiger partial charge in [0.15, 0.2) is 5.78 Å². The Bertz CT molecular complexity index is 471. The van der Waals surface area contributed by atoms with Gasteiger partial charge in [0, 0.05) is 5.56 Å². The average Bonchev–Trinajstić information content (AvgIpc) is 2.41. The van der Waals surface area contributed by atoms with Crippen molar-refractivity contribution in [3.63, 3.8) is 0 Å². The van der Waals surface area contributed by atoms with Gasteiger partial charge in [-0.3, -0.25) is 4.79 Å². The molecule has 1 aromatic rings. The lowest BCUT2D eigenvalue weighted by Crippen LogP contribution is -2.48. The van der Waals surface area contributed by atoms with Gasteiger partial charge in [0.2, 0.25) is 0 Å². The fourth-order valence-electron chi connectivity index (χ4n) is 2.30. The number of carbonyl (C=O) groups is 1. The Morgan fingerprint density at radius 3 is 2.68 bits per heavy atom. The molecule has 1 saturated heterocycles. The van der Waals surface area contributed by atoms with Gasteiger partial charge < -0.3 is 10.1 Å². The molecule has 5 heteroatoms. The number of hydrogen-bond acceptors (Lipinski definition) is 3. The Balaban J connectivity index is 2.10. The van der Waals surface area contributed by atoms with Crippen molar-refractivity contribution in [2.75, 3.05) is 13.1 Å². The number of hydrogen-bond donors (Lipinski definition) is 1. The van der Waals surface area contributed by atoms with Crippen LogP contribution in [0, 0.1) is 11.6 Å². The third-order valence-electron chi connectivity index (χ3n) is 3.56. The smallest absolute Gasteiger partial charge is 0.161 e. The first-order chi connectivity index (χ1) is 9.03. The highest BCUT2D eigenvalue weighted by molar-refractivity contribution is 5.85. The second-order valence-electron chi connectivity index (χ2n) is 4.82.